The minimum atomic E-state index is -3.54. The number of ether oxygens (including phenoxy) is 1. The lowest BCUT2D eigenvalue weighted by Gasteiger charge is -2.22. The van der Waals surface area contributed by atoms with Crippen LogP contribution in [0.2, 0.25) is 0 Å². The molecule has 2 aromatic carbocycles. The fourth-order valence-corrected chi connectivity index (χ4v) is 5.00. The second-order valence-electron chi connectivity index (χ2n) is 7.69. The molecule has 0 spiro atoms. The first-order valence-electron chi connectivity index (χ1n) is 10.5. The number of esters is 1. The Morgan fingerprint density at radius 3 is 2.35 bits per heavy atom. The van der Waals surface area contributed by atoms with Gasteiger partial charge in [0, 0.05) is 12.5 Å². The standard InChI is InChI=1S/C23H28N2O5S/c1-30-23(27)20-9-5-6-10-21(20)24-22(26)16-13-17-11-14-19(15-12-17)31(28,29)25-18-7-3-2-4-8-18/h5-6,9-12,14-15,18,25H,2-4,7-8,13,16H2,1H3,(H,24,26). The highest BCUT2D eigenvalue weighted by atomic mass is 32.2. The molecule has 1 aliphatic rings. The van der Waals surface area contributed by atoms with Gasteiger partial charge in [0.2, 0.25) is 15.9 Å². The van der Waals surface area contributed by atoms with Gasteiger partial charge in [-0.15, -0.1) is 0 Å². The maximum Gasteiger partial charge on any atom is 0.339 e. The molecule has 166 valence electrons. The molecule has 0 bridgehead atoms. The van der Waals surface area contributed by atoms with Gasteiger partial charge in [0.1, 0.15) is 0 Å². The van der Waals surface area contributed by atoms with Crippen LogP contribution >= 0.6 is 0 Å². The summed E-state index contributed by atoms with van der Waals surface area (Å²) in [6.07, 6.45) is 5.67. The van der Waals surface area contributed by atoms with Crippen LogP contribution in [-0.2, 0) is 26.0 Å². The number of carbonyl (C=O) groups excluding carboxylic acids is 2. The SMILES string of the molecule is COC(=O)c1ccccc1NC(=O)CCc1ccc(S(=O)(=O)NC2CCCCC2)cc1. The highest BCUT2D eigenvalue weighted by Crippen LogP contribution is 2.21. The molecule has 1 saturated carbocycles. The quantitative estimate of drug-likeness (QED) is 0.605. The molecule has 1 aliphatic carbocycles. The van der Waals surface area contributed by atoms with Gasteiger partial charge in [-0.05, 0) is 49.1 Å². The Labute approximate surface area is 183 Å². The van der Waals surface area contributed by atoms with E-state index < -0.39 is 16.0 Å². The Kier molecular flexibility index (Phi) is 7.81. The average molecular weight is 445 g/mol. The van der Waals surface area contributed by atoms with Crippen molar-refractivity contribution in [3.05, 3.63) is 59.7 Å². The molecule has 1 fully saturated rings. The first-order valence-corrected chi connectivity index (χ1v) is 12.0. The minimum Gasteiger partial charge on any atom is -0.465 e. The molecular weight excluding hydrogens is 416 g/mol. The van der Waals surface area contributed by atoms with Crippen LogP contribution in [0, 0.1) is 0 Å². The van der Waals surface area contributed by atoms with E-state index >= 15 is 0 Å². The summed E-state index contributed by atoms with van der Waals surface area (Å²) in [5, 5.41) is 2.73. The van der Waals surface area contributed by atoms with Crippen LogP contribution in [0.1, 0.15) is 54.4 Å². The molecule has 0 atom stereocenters. The average Bonchev–Trinajstić information content (AvgIpc) is 2.78. The van der Waals surface area contributed by atoms with Gasteiger partial charge in [-0.1, -0.05) is 43.5 Å². The molecule has 2 aromatic rings. The smallest absolute Gasteiger partial charge is 0.339 e. The normalized spacial score (nSPS) is 14.7. The van der Waals surface area contributed by atoms with Crippen LogP contribution < -0.4 is 10.0 Å². The van der Waals surface area contributed by atoms with Crippen molar-refractivity contribution in [2.24, 2.45) is 0 Å². The van der Waals surface area contributed by atoms with Gasteiger partial charge in [0.05, 0.1) is 23.3 Å². The van der Waals surface area contributed by atoms with Crippen molar-refractivity contribution in [2.45, 2.75) is 55.9 Å². The number of aryl methyl sites for hydroxylation is 1. The maximum atomic E-state index is 12.6. The Hall–Kier alpha value is -2.71. The van der Waals surface area contributed by atoms with E-state index in [1.165, 1.54) is 7.11 Å². The lowest BCUT2D eigenvalue weighted by atomic mass is 9.96. The Balaban J connectivity index is 1.56. The number of rotatable bonds is 8. The van der Waals surface area contributed by atoms with Crippen molar-refractivity contribution < 1.29 is 22.7 Å². The molecule has 8 heteroatoms. The van der Waals surface area contributed by atoms with Gasteiger partial charge in [-0.2, -0.15) is 0 Å². The minimum absolute atomic E-state index is 0.00925. The van der Waals surface area contributed by atoms with E-state index in [-0.39, 0.29) is 23.3 Å². The van der Waals surface area contributed by atoms with Crippen molar-refractivity contribution >= 4 is 27.6 Å². The zero-order valence-electron chi connectivity index (χ0n) is 17.6. The summed E-state index contributed by atoms with van der Waals surface area (Å²) in [4.78, 5) is 24.4. The number of nitrogens with one attached hydrogen (secondary N) is 2. The largest absolute Gasteiger partial charge is 0.465 e. The number of methoxy groups -OCH3 is 1. The zero-order chi connectivity index (χ0) is 22.3. The molecule has 0 radical (unpaired) electrons. The molecule has 0 heterocycles. The third kappa shape index (κ3) is 6.38. The van der Waals surface area contributed by atoms with E-state index in [0.717, 1.165) is 37.7 Å². The Morgan fingerprint density at radius 1 is 1.00 bits per heavy atom. The van der Waals surface area contributed by atoms with E-state index in [1.54, 1.807) is 48.5 Å². The van der Waals surface area contributed by atoms with Crippen LogP contribution in [0.3, 0.4) is 0 Å². The molecule has 0 unspecified atom stereocenters. The molecule has 1 amide bonds. The summed E-state index contributed by atoms with van der Waals surface area (Å²) in [7, 11) is -2.25. The third-order valence-electron chi connectivity index (χ3n) is 5.41. The number of carbonyl (C=O) groups is 2. The van der Waals surface area contributed by atoms with Crippen molar-refractivity contribution in [1.29, 1.82) is 0 Å². The van der Waals surface area contributed by atoms with Crippen LogP contribution in [0.15, 0.2) is 53.4 Å². The Bertz CT molecular complexity index is 1010. The topological polar surface area (TPSA) is 102 Å². The maximum absolute atomic E-state index is 12.6. The fourth-order valence-electron chi connectivity index (χ4n) is 3.69. The zero-order valence-corrected chi connectivity index (χ0v) is 18.4. The second kappa shape index (κ2) is 10.5. The molecule has 3 rings (SSSR count). The molecule has 31 heavy (non-hydrogen) atoms. The van der Waals surface area contributed by atoms with E-state index in [9.17, 15) is 18.0 Å². The second-order valence-corrected chi connectivity index (χ2v) is 9.40. The third-order valence-corrected chi connectivity index (χ3v) is 6.94. The van der Waals surface area contributed by atoms with E-state index in [4.69, 9.17) is 4.74 Å². The lowest BCUT2D eigenvalue weighted by Crippen LogP contribution is -2.36. The van der Waals surface area contributed by atoms with E-state index in [0.29, 0.717) is 17.7 Å². The summed E-state index contributed by atoms with van der Waals surface area (Å²) >= 11 is 0. The number of anilines is 1. The number of amides is 1. The fraction of sp³-hybridized carbons (Fsp3) is 0.391. The van der Waals surface area contributed by atoms with Crippen LogP contribution in [0.4, 0.5) is 5.69 Å². The highest BCUT2D eigenvalue weighted by Gasteiger charge is 2.21. The van der Waals surface area contributed by atoms with E-state index in [1.807, 2.05) is 0 Å². The van der Waals surface area contributed by atoms with Crippen LogP contribution in [-0.4, -0.2) is 33.4 Å². The predicted octanol–water partition coefficient (Wildman–Crippen LogP) is 3.66. The number of hydrogen-bond acceptors (Lipinski definition) is 5. The van der Waals surface area contributed by atoms with Crippen LogP contribution in [0.5, 0.6) is 0 Å². The van der Waals surface area contributed by atoms with E-state index in [2.05, 4.69) is 10.0 Å². The summed E-state index contributed by atoms with van der Waals surface area (Å²) in [5.74, 6) is -0.762. The van der Waals surface area contributed by atoms with Crippen molar-refractivity contribution in [3.8, 4) is 0 Å². The summed E-state index contributed by atoms with van der Waals surface area (Å²) in [5.41, 5.74) is 1.54. The molecule has 0 aromatic heterocycles. The van der Waals surface area contributed by atoms with Gasteiger partial charge in [0.15, 0.2) is 0 Å². The molecular formula is C23H28N2O5S. The molecule has 0 aliphatic heterocycles. The number of sulfonamides is 1. The first kappa shape index (κ1) is 23.0. The van der Waals surface area contributed by atoms with Gasteiger partial charge >= 0.3 is 5.97 Å². The van der Waals surface area contributed by atoms with Crippen molar-refractivity contribution in [3.63, 3.8) is 0 Å². The number of benzene rings is 2. The molecule has 2 N–H and O–H groups in total. The van der Waals surface area contributed by atoms with Gasteiger partial charge in [0.25, 0.3) is 0 Å². The summed E-state index contributed by atoms with van der Waals surface area (Å²) < 4.78 is 32.7. The number of hydrogen-bond donors (Lipinski definition) is 2. The predicted molar refractivity (Wildman–Crippen MR) is 118 cm³/mol. The first-order chi connectivity index (χ1) is 14.9. The monoisotopic (exact) mass is 444 g/mol. The number of para-hydroxylation sites is 1. The summed E-state index contributed by atoms with van der Waals surface area (Å²) in [6, 6.07) is 13.3. The van der Waals surface area contributed by atoms with Crippen molar-refractivity contribution in [2.75, 3.05) is 12.4 Å². The summed E-state index contributed by atoms with van der Waals surface area (Å²) in [6.45, 7) is 0. The highest BCUT2D eigenvalue weighted by molar-refractivity contribution is 7.89. The lowest BCUT2D eigenvalue weighted by molar-refractivity contribution is -0.116. The van der Waals surface area contributed by atoms with Gasteiger partial charge in [-0.25, -0.2) is 17.9 Å². The van der Waals surface area contributed by atoms with Crippen LogP contribution in [0.25, 0.3) is 0 Å². The van der Waals surface area contributed by atoms with Crippen molar-refractivity contribution in [1.82, 2.24) is 4.72 Å². The van der Waals surface area contributed by atoms with Gasteiger partial charge < -0.3 is 10.1 Å². The van der Waals surface area contributed by atoms with Gasteiger partial charge in [-0.3, -0.25) is 4.79 Å². The Morgan fingerprint density at radius 2 is 1.68 bits per heavy atom. The molecule has 0 saturated heterocycles. The molecule has 7 nitrogen and oxygen atoms in total.